The first kappa shape index (κ1) is 12.5. The van der Waals surface area contributed by atoms with Crippen LogP contribution in [0.2, 0.25) is 0 Å². The molecule has 0 bridgehead atoms. The molecule has 0 saturated carbocycles. The third kappa shape index (κ3) is 3.55. The summed E-state index contributed by atoms with van der Waals surface area (Å²) < 4.78 is 5.11. The predicted molar refractivity (Wildman–Crippen MR) is 59.7 cm³/mol. The number of hydrogen-bond acceptors (Lipinski definition) is 3. The third-order valence-electron chi connectivity index (χ3n) is 2.34. The van der Waals surface area contributed by atoms with Gasteiger partial charge in [-0.15, -0.1) is 0 Å². The van der Waals surface area contributed by atoms with Crippen molar-refractivity contribution in [3.05, 3.63) is 29.3 Å². The maximum absolute atomic E-state index is 10.4. The van der Waals surface area contributed by atoms with Crippen LogP contribution in [0.1, 0.15) is 17.5 Å². The van der Waals surface area contributed by atoms with Crippen molar-refractivity contribution in [2.75, 3.05) is 7.11 Å². The minimum atomic E-state index is -0.988. The van der Waals surface area contributed by atoms with Gasteiger partial charge in [-0.05, 0) is 30.5 Å². The number of ether oxygens (including phenoxy) is 1. The van der Waals surface area contributed by atoms with Gasteiger partial charge in [-0.2, -0.15) is 0 Å². The standard InChI is InChI=1S/C12H16O4/c1-8-5-9(3-4-11(8)16-2)6-10(13)7-12(14)15/h3-5,10,13H,6-7H2,1-2H3,(H,14,15). The number of methoxy groups -OCH3 is 1. The summed E-state index contributed by atoms with van der Waals surface area (Å²) in [6.07, 6.45) is -0.729. The van der Waals surface area contributed by atoms with Crippen LogP contribution >= 0.6 is 0 Å². The van der Waals surface area contributed by atoms with Crippen molar-refractivity contribution in [1.29, 1.82) is 0 Å². The van der Waals surface area contributed by atoms with Crippen molar-refractivity contribution < 1.29 is 19.7 Å². The Bertz CT molecular complexity index is 373. The average molecular weight is 224 g/mol. The van der Waals surface area contributed by atoms with Gasteiger partial charge in [0.2, 0.25) is 0 Å². The SMILES string of the molecule is COc1ccc(CC(O)CC(=O)O)cc1C. The van der Waals surface area contributed by atoms with Gasteiger partial charge in [0, 0.05) is 0 Å². The zero-order valence-electron chi connectivity index (χ0n) is 9.43. The number of carboxylic acids is 1. The molecular formula is C12H16O4. The molecule has 4 nitrogen and oxygen atoms in total. The lowest BCUT2D eigenvalue weighted by molar-refractivity contribution is -0.139. The van der Waals surface area contributed by atoms with Crippen LogP contribution < -0.4 is 4.74 Å². The maximum atomic E-state index is 10.4. The summed E-state index contributed by atoms with van der Waals surface area (Å²) in [4.78, 5) is 10.4. The highest BCUT2D eigenvalue weighted by atomic mass is 16.5. The van der Waals surface area contributed by atoms with Crippen LogP contribution in [-0.4, -0.2) is 29.4 Å². The van der Waals surface area contributed by atoms with Crippen LogP contribution in [0, 0.1) is 6.92 Å². The molecule has 0 amide bonds. The first-order valence-corrected chi connectivity index (χ1v) is 5.06. The normalized spacial score (nSPS) is 12.2. The third-order valence-corrected chi connectivity index (χ3v) is 2.34. The van der Waals surface area contributed by atoms with Crippen LogP contribution in [0.5, 0.6) is 5.75 Å². The number of aliphatic hydroxyl groups excluding tert-OH is 1. The zero-order chi connectivity index (χ0) is 12.1. The lowest BCUT2D eigenvalue weighted by Gasteiger charge is -2.10. The first-order valence-electron chi connectivity index (χ1n) is 5.06. The van der Waals surface area contributed by atoms with Gasteiger partial charge in [-0.3, -0.25) is 4.79 Å². The molecule has 0 aliphatic heterocycles. The molecule has 4 heteroatoms. The fourth-order valence-electron chi connectivity index (χ4n) is 1.61. The minimum Gasteiger partial charge on any atom is -0.496 e. The fraction of sp³-hybridized carbons (Fsp3) is 0.417. The zero-order valence-corrected chi connectivity index (χ0v) is 9.43. The van der Waals surface area contributed by atoms with E-state index in [2.05, 4.69) is 0 Å². The number of carbonyl (C=O) groups is 1. The van der Waals surface area contributed by atoms with E-state index in [-0.39, 0.29) is 6.42 Å². The molecule has 1 aromatic rings. The largest absolute Gasteiger partial charge is 0.496 e. The molecule has 0 heterocycles. The number of carboxylic acid groups (broad SMARTS) is 1. The van der Waals surface area contributed by atoms with Crippen LogP contribution in [0.4, 0.5) is 0 Å². The van der Waals surface area contributed by atoms with Gasteiger partial charge in [0.1, 0.15) is 5.75 Å². The second kappa shape index (κ2) is 5.51. The Morgan fingerprint density at radius 3 is 2.69 bits per heavy atom. The molecular weight excluding hydrogens is 208 g/mol. The molecule has 0 aliphatic carbocycles. The Balaban J connectivity index is 2.67. The van der Waals surface area contributed by atoms with Gasteiger partial charge < -0.3 is 14.9 Å². The van der Waals surface area contributed by atoms with Gasteiger partial charge in [0.05, 0.1) is 19.6 Å². The van der Waals surface area contributed by atoms with Crippen molar-refractivity contribution in [3.8, 4) is 5.75 Å². The second-order valence-electron chi connectivity index (χ2n) is 3.76. The lowest BCUT2D eigenvalue weighted by Crippen LogP contribution is -2.15. The summed E-state index contributed by atoms with van der Waals surface area (Å²) in [7, 11) is 1.60. The van der Waals surface area contributed by atoms with Crippen molar-refractivity contribution in [2.24, 2.45) is 0 Å². The molecule has 1 rings (SSSR count). The van der Waals surface area contributed by atoms with Crippen molar-refractivity contribution in [1.82, 2.24) is 0 Å². The number of aryl methyl sites for hydroxylation is 1. The van der Waals surface area contributed by atoms with Crippen LogP contribution in [0.25, 0.3) is 0 Å². The van der Waals surface area contributed by atoms with Crippen LogP contribution in [-0.2, 0) is 11.2 Å². The van der Waals surface area contributed by atoms with E-state index in [0.717, 1.165) is 16.9 Å². The Morgan fingerprint density at radius 2 is 2.19 bits per heavy atom. The highest BCUT2D eigenvalue weighted by Crippen LogP contribution is 2.19. The molecule has 0 fully saturated rings. The smallest absolute Gasteiger partial charge is 0.305 e. The molecule has 1 aromatic carbocycles. The summed E-state index contributed by atoms with van der Waals surface area (Å²) in [6.45, 7) is 1.91. The van der Waals surface area contributed by atoms with E-state index in [9.17, 15) is 9.90 Å². The number of hydrogen-bond donors (Lipinski definition) is 2. The summed E-state index contributed by atoms with van der Waals surface area (Å²) in [5, 5.41) is 18.0. The second-order valence-corrected chi connectivity index (χ2v) is 3.76. The highest BCUT2D eigenvalue weighted by molar-refractivity contribution is 5.67. The average Bonchev–Trinajstić information content (AvgIpc) is 2.16. The number of aliphatic carboxylic acids is 1. The predicted octanol–water partition coefficient (Wildman–Crippen LogP) is 1.38. The molecule has 0 aromatic heterocycles. The summed E-state index contributed by atoms with van der Waals surface area (Å²) >= 11 is 0. The van der Waals surface area contributed by atoms with E-state index < -0.39 is 12.1 Å². The summed E-state index contributed by atoms with van der Waals surface area (Å²) in [5.41, 5.74) is 1.88. The maximum Gasteiger partial charge on any atom is 0.305 e. The quantitative estimate of drug-likeness (QED) is 0.793. The van der Waals surface area contributed by atoms with E-state index >= 15 is 0 Å². The van der Waals surface area contributed by atoms with E-state index in [1.807, 2.05) is 25.1 Å². The number of rotatable bonds is 5. The van der Waals surface area contributed by atoms with Gasteiger partial charge in [-0.25, -0.2) is 0 Å². The van der Waals surface area contributed by atoms with Gasteiger partial charge in [-0.1, -0.05) is 12.1 Å². The molecule has 0 aliphatic rings. The monoisotopic (exact) mass is 224 g/mol. The van der Waals surface area contributed by atoms with E-state index in [4.69, 9.17) is 9.84 Å². The Morgan fingerprint density at radius 1 is 1.50 bits per heavy atom. The molecule has 16 heavy (non-hydrogen) atoms. The number of aliphatic hydroxyl groups is 1. The topological polar surface area (TPSA) is 66.8 Å². The van der Waals surface area contributed by atoms with Crippen molar-refractivity contribution in [3.63, 3.8) is 0 Å². The van der Waals surface area contributed by atoms with Crippen molar-refractivity contribution >= 4 is 5.97 Å². The molecule has 88 valence electrons. The summed E-state index contributed by atoms with van der Waals surface area (Å²) in [6, 6.07) is 5.54. The van der Waals surface area contributed by atoms with Gasteiger partial charge in [0.25, 0.3) is 0 Å². The Labute approximate surface area is 94.5 Å². The van der Waals surface area contributed by atoms with E-state index in [1.54, 1.807) is 7.11 Å². The lowest BCUT2D eigenvalue weighted by atomic mass is 10.0. The van der Waals surface area contributed by atoms with Gasteiger partial charge >= 0.3 is 5.97 Å². The molecule has 0 radical (unpaired) electrons. The minimum absolute atomic E-state index is 0.231. The highest BCUT2D eigenvalue weighted by Gasteiger charge is 2.11. The first-order chi connectivity index (χ1) is 7.52. The number of benzene rings is 1. The summed E-state index contributed by atoms with van der Waals surface area (Å²) in [5.74, 6) is -0.200. The van der Waals surface area contributed by atoms with Gasteiger partial charge in [0.15, 0.2) is 0 Å². The Kier molecular flexibility index (Phi) is 4.31. The van der Waals surface area contributed by atoms with Crippen molar-refractivity contribution in [2.45, 2.75) is 25.9 Å². The molecule has 0 saturated heterocycles. The fourth-order valence-corrected chi connectivity index (χ4v) is 1.61. The van der Waals surface area contributed by atoms with Crippen LogP contribution in [0.15, 0.2) is 18.2 Å². The van der Waals surface area contributed by atoms with Crippen LogP contribution in [0.3, 0.4) is 0 Å². The molecule has 2 N–H and O–H groups in total. The Hall–Kier alpha value is -1.55. The molecule has 1 unspecified atom stereocenters. The molecule has 0 spiro atoms. The van der Waals surface area contributed by atoms with E-state index in [0.29, 0.717) is 6.42 Å². The van der Waals surface area contributed by atoms with E-state index in [1.165, 1.54) is 0 Å². The molecule has 1 atom stereocenters.